The number of carbonyl (C=O) groups is 3. The lowest BCUT2D eigenvalue weighted by Gasteiger charge is -2.33. The van der Waals surface area contributed by atoms with Crippen LogP contribution in [0.5, 0.6) is 0 Å². The first-order chi connectivity index (χ1) is 12.3. The van der Waals surface area contributed by atoms with Crippen LogP contribution in [0.4, 0.5) is 5.69 Å². The maximum Gasteiger partial charge on any atom is 0.307 e. The first-order valence-electron chi connectivity index (χ1n) is 8.58. The van der Waals surface area contributed by atoms with E-state index in [1.54, 1.807) is 17.0 Å². The van der Waals surface area contributed by atoms with Crippen LogP contribution in [0.1, 0.15) is 20.3 Å². The summed E-state index contributed by atoms with van der Waals surface area (Å²) in [6.45, 7) is 5.19. The van der Waals surface area contributed by atoms with Gasteiger partial charge in [0.25, 0.3) is 0 Å². The standard InChI is InChI=1S/C18H24BrN3O4/c1-12(2)11-26-17(24)9-15-18(25)20-7-8-22(15)10-16(23)21-14-5-3-13(19)4-6-14/h3-6,12,15H,7-11H2,1-2H3,(H,20,25)(H,21,23). The largest absolute Gasteiger partial charge is 0.465 e. The fraction of sp³-hybridized carbons (Fsp3) is 0.500. The second kappa shape index (κ2) is 9.68. The van der Waals surface area contributed by atoms with E-state index in [-0.39, 0.29) is 30.7 Å². The fourth-order valence-electron chi connectivity index (χ4n) is 2.57. The molecule has 1 aliphatic rings. The summed E-state index contributed by atoms with van der Waals surface area (Å²) < 4.78 is 6.08. The lowest BCUT2D eigenvalue weighted by atomic mass is 10.1. The first-order valence-corrected chi connectivity index (χ1v) is 9.37. The van der Waals surface area contributed by atoms with Crippen molar-refractivity contribution in [3.05, 3.63) is 28.7 Å². The summed E-state index contributed by atoms with van der Waals surface area (Å²) in [7, 11) is 0. The van der Waals surface area contributed by atoms with Crippen LogP contribution in [-0.2, 0) is 19.1 Å². The van der Waals surface area contributed by atoms with Crippen molar-refractivity contribution in [1.29, 1.82) is 0 Å². The Hall–Kier alpha value is -1.93. The predicted molar refractivity (Wildman–Crippen MR) is 102 cm³/mol. The summed E-state index contributed by atoms with van der Waals surface area (Å²) in [5.74, 6) is -0.692. The SMILES string of the molecule is CC(C)COC(=O)CC1C(=O)NCCN1CC(=O)Nc1ccc(Br)cc1. The molecule has 0 saturated carbocycles. The smallest absolute Gasteiger partial charge is 0.307 e. The van der Waals surface area contributed by atoms with Gasteiger partial charge in [-0.25, -0.2) is 0 Å². The molecule has 8 heteroatoms. The van der Waals surface area contributed by atoms with Crippen LogP contribution in [-0.4, -0.2) is 55.0 Å². The number of anilines is 1. The number of ether oxygens (including phenoxy) is 1. The zero-order valence-corrected chi connectivity index (χ0v) is 16.5. The van der Waals surface area contributed by atoms with Crippen LogP contribution in [0, 0.1) is 5.92 Å². The van der Waals surface area contributed by atoms with Gasteiger partial charge in [0.05, 0.1) is 19.6 Å². The van der Waals surface area contributed by atoms with Crippen LogP contribution < -0.4 is 10.6 Å². The molecule has 1 unspecified atom stereocenters. The van der Waals surface area contributed by atoms with Crippen LogP contribution in [0.2, 0.25) is 0 Å². The lowest BCUT2D eigenvalue weighted by molar-refractivity contribution is -0.149. The van der Waals surface area contributed by atoms with Gasteiger partial charge in [-0.05, 0) is 30.2 Å². The summed E-state index contributed by atoms with van der Waals surface area (Å²) >= 11 is 3.34. The Morgan fingerprint density at radius 1 is 1.35 bits per heavy atom. The molecular formula is C18H24BrN3O4. The molecule has 1 fully saturated rings. The van der Waals surface area contributed by atoms with Crippen LogP contribution in [0.15, 0.2) is 28.7 Å². The molecule has 2 rings (SSSR count). The van der Waals surface area contributed by atoms with Gasteiger partial charge >= 0.3 is 5.97 Å². The summed E-state index contributed by atoms with van der Waals surface area (Å²) in [5, 5.41) is 5.53. The maximum absolute atomic E-state index is 12.3. The van der Waals surface area contributed by atoms with Gasteiger partial charge in [-0.15, -0.1) is 0 Å². The number of amides is 2. The van der Waals surface area contributed by atoms with Crippen molar-refractivity contribution >= 4 is 39.4 Å². The average molecular weight is 426 g/mol. The van der Waals surface area contributed by atoms with Crippen molar-refractivity contribution in [2.45, 2.75) is 26.3 Å². The molecule has 1 heterocycles. The minimum atomic E-state index is -0.695. The highest BCUT2D eigenvalue weighted by molar-refractivity contribution is 9.10. The maximum atomic E-state index is 12.3. The zero-order chi connectivity index (χ0) is 19.1. The molecule has 1 atom stereocenters. The molecule has 0 radical (unpaired) electrons. The van der Waals surface area contributed by atoms with E-state index in [0.29, 0.717) is 25.4 Å². The number of halogens is 1. The molecule has 2 N–H and O–H groups in total. The molecule has 1 aliphatic heterocycles. The Bertz CT molecular complexity index is 648. The molecule has 142 valence electrons. The summed E-state index contributed by atoms with van der Waals surface area (Å²) in [4.78, 5) is 38.2. The van der Waals surface area contributed by atoms with Gasteiger partial charge in [-0.2, -0.15) is 0 Å². The Balaban J connectivity index is 1.93. The molecule has 2 amide bonds. The zero-order valence-electron chi connectivity index (χ0n) is 15.0. The topological polar surface area (TPSA) is 87.7 Å². The number of hydrogen-bond acceptors (Lipinski definition) is 5. The Labute approximate surface area is 161 Å². The minimum absolute atomic E-state index is 0.0333. The highest BCUT2D eigenvalue weighted by Crippen LogP contribution is 2.15. The molecule has 1 saturated heterocycles. The van der Waals surface area contributed by atoms with E-state index in [2.05, 4.69) is 26.6 Å². The number of piperazine rings is 1. The number of benzene rings is 1. The van der Waals surface area contributed by atoms with Gasteiger partial charge in [0.15, 0.2) is 0 Å². The second-order valence-electron chi connectivity index (χ2n) is 6.61. The van der Waals surface area contributed by atoms with Gasteiger partial charge in [-0.3, -0.25) is 19.3 Å². The van der Waals surface area contributed by atoms with Gasteiger partial charge in [0.1, 0.15) is 6.04 Å². The highest BCUT2D eigenvalue weighted by Gasteiger charge is 2.33. The molecule has 0 bridgehead atoms. The monoisotopic (exact) mass is 425 g/mol. The van der Waals surface area contributed by atoms with E-state index in [0.717, 1.165) is 4.47 Å². The normalized spacial score (nSPS) is 17.7. The van der Waals surface area contributed by atoms with E-state index in [9.17, 15) is 14.4 Å². The van der Waals surface area contributed by atoms with Crippen molar-refractivity contribution in [3.8, 4) is 0 Å². The molecule has 1 aromatic rings. The second-order valence-corrected chi connectivity index (χ2v) is 7.53. The highest BCUT2D eigenvalue weighted by atomic mass is 79.9. The number of carbonyl (C=O) groups excluding carboxylic acids is 3. The first kappa shape index (κ1) is 20.4. The number of esters is 1. The van der Waals surface area contributed by atoms with Crippen LogP contribution >= 0.6 is 15.9 Å². The van der Waals surface area contributed by atoms with Gasteiger partial charge in [0, 0.05) is 23.2 Å². The fourth-order valence-corrected chi connectivity index (χ4v) is 2.83. The molecule has 7 nitrogen and oxygen atoms in total. The van der Waals surface area contributed by atoms with Gasteiger partial charge < -0.3 is 15.4 Å². The van der Waals surface area contributed by atoms with E-state index in [4.69, 9.17) is 4.74 Å². The molecule has 0 spiro atoms. The molecule has 0 aliphatic carbocycles. The summed E-state index contributed by atoms with van der Waals surface area (Å²) in [6.07, 6.45) is -0.0654. The van der Waals surface area contributed by atoms with E-state index in [1.807, 2.05) is 26.0 Å². The quantitative estimate of drug-likeness (QED) is 0.650. The van der Waals surface area contributed by atoms with Crippen LogP contribution in [0.3, 0.4) is 0 Å². The van der Waals surface area contributed by atoms with Crippen molar-refractivity contribution in [1.82, 2.24) is 10.2 Å². The van der Waals surface area contributed by atoms with Crippen molar-refractivity contribution < 1.29 is 19.1 Å². The predicted octanol–water partition coefficient (Wildman–Crippen LogP) is 1.78. The third-order valence-electron chi connectivity index (χ3n) is 3.85. The third kappa shape index (κ3) is 6.42. The number of rotatable bonds is 7. The van der Waals surface area contributed by atoms with Crippen molar-refractivity contribution in [2.75, 3.05) is 31.6 Å². The third-order valence-corrected chi connectivity index (χ3v) is 4.38. The lowest BCUT2D eigenvalue weighted by Crippen LogP contribution is -2.57. The van der Waals surface area contributed by atoms with Crippen molar-refractivity contribution in [3.63, 3.8) is 0 Å². The average Bonchev–Trinajstić information content (AvgIpc) is 2.58. The van der Waals surface area contributed by atoms with Crippen LogP contribution in [0.25, 0.3) is 0 Å². The van der Waals surface area contributed by atoms with Gasteiger partial charge in [-0.1, -0.05) is 29.8 Å². The Morgan fingerprint density at radius 3 is 2.69 bits per heavy atom. The van der Waals surface area contributed by atoms with Crippen molar-refractivity contribution in [2.24, 2.45) is 5.92 Å². The minimum Gasteiger partial charge on any atom is -0.465 e. The van der Waals surface area contributed by atoms with E-state index in [1.165, 1.54) is 0 Å². The van der Waals surface area contributed by atoms with E-state index >= 15 is 0 Å². The number of nitrogens with zero attached hydrogens (tertiary/aromatic N) is 1. The Morgan fingerprint density at radius 2 is 2.04 bits per heavy atom. The summed E-state index contributed by atoms with van der Waals surface area (Å²) in [6, 6.07) is 6.53. The number of hydrogen-bond donors (Lipinski definition) is 2. The van der Waals surface area contributed by atoms with Gasteiger partial charge in [0.2, 0.25) is 11.8 Å². The molecule has 1 aromatic carbocycles. The molecular weight excluding hydrogens is 402 g/mol. The van der Waals surface area contributed by atoms with E-state index < -0.39 is 12.0 Å². The molecule has 26 heavy (non-hydrogen) atoms. The Kier molecular flexibility index (Phi) is 7.59. The summed E-state index contributed by atoms with van der Waals surface area (Å²) in [5.41, 5.74) is 0.674. The number of nitrogens with one attached hydrogen (secondary N) is 2. The molecule has 0 aromatic heterocycles.